The second kappa shape index (κ2) is 7.85. The van der Waals surface area contributed by atoms with Crippen molar-refractivity contribution in [2.24, 2.45) is 0 Å². The van der Waals surface area contributed by atoms with Gasteiger partial charge in [-0.1, -0.05) is 23.7 Å². The van der Waals surface area contributed by atoms with Crippen LogP contribution in [0.5, 0.6) is 0 Å². The van der Waals surface area contributed by atoms with E-state index in [1.165, 1.54) is 4.90 Å². The predicted molar refractivity (Wildman–Crippen MR) is 103 cm³/mol. The van der Waals surface area contributed by atoms with E-state index in [4.69, 9.17) is 16.3 Å². The fourth-order valence-electron chi connectivity index (χ4n) is 2.35. The number of halogens is 1. The van der Waals surface area contributed by atoms with Crippen LogP contribution in [0, 0.1) is 0 Å². The molecule has 1 heterocycles. The highest BCUT2D eigenvalue weighted by molar-refractivity contribution is 7.18. The van der Waals surface area contributed by atoms with Crippen molar-refractivity contribution in [2.45, 2.75) is 13.0 Å². The van der Waals surface area contributed by atoms with Gasteiger partial charge in [-0.3, -0.25) is 4.79 Å². The maximum Gasteiger partial charge on any atom is 0.338 e. The molecule has 0 aliphatic rings. The van der Waals surface area contributed by atoms with Crippen LogP contribution < -0.4 is 0 Å². The monoisotopic (exact) mass is 388 g/mol. The Morgan fingerprint density at radius 2 is 1.88 bits per heavy atom. The van der Waals surface area contributed by atoms with E-state index in [9.17, 15) is 9.59 Å². The number of carbonyl (C=O) groups excluding carboxylic acids is 2. The number of aromatic nitrogens is 1. The van der Waals surface area contributed by atoms with Crippen LogP contribution >= 0.6 is 22.9 Å². The van der Waals surface area contributed by atoms with Crippen molar-refractivity contribution in [1.82, 2.24) is 9.88 Å². The molecule has 0 spiro atoms. The number of amides is 1. The average Bonchev–Trinajstić information content (AvgIpc) is 3.09. The highest BCUT2D eigenvalue weighted by Gasteiger charge is 2.22. The Hall–Kier alpha value is -2.44. The van der Waals surface area contributed by atoms with Crippen molar-refractivity contribution in [3.05, 3.63) is 64.1 Å². The van der Waals surface area contributed by atoms with Crippen LogP contribution in [-0.4, -0.2) is 35.4 Å². The predicted octanol–water partition coefficient (Wildman–Crippen LogP) is 4.33. The standard InChI is InChI=1S/C19H17ClN2O3S/c1-12(18-21-15-5-3-4-6-16(15)26-18)22(2)17(23)11-25-19(24)13-7-9-14(20)10-8-13/h3-10,12H,11H2,1-2H3/t12-/m0/s1. The minimum atomic E-state index is -0.559. The third-order valence-corrected chi connectivity index (χ3v) is 5.51. The van der Waals surface area contributed by atoms with Gasteiger partial charge in [-0.2, -0.15) is 0 Å². The lowest BCUT2D eigenvalue weighted by atomic mass is 10.2. The molecule has 0 aliphatic carbocycles. The fraction of sp³-hybridized carbons (Fsp3) is 0.211. The summed E-state index contributed by atoms with van der Waals surface area (Å²) in [5, 5.41) is 1.37. The first-order valence-electron chi connectivity index (χ1n) is 7.99. The Morgan fingerprint density at radius 3 is 2.58 bits per heavy atom. The number of hydrogen-bond acceptors (Lipinski definition) is 5. The van der Waals surface area contributed by atoms with Gasteiger partial charge < -0.3 is 9.64 Å². The van der Waals surface area contributed by atoms with Crippen molar-refractivity contribution in [2.75, 3.05) is 13.7 Å². The zero-order valence-corrected chi connectivity index (χ0v) is 15.9. The van der Waals surface area contributed by atoms with Crippen molar-refractivity contribution in [1.29, 1.82) is 0 Å². The molecule has 0 radical (unpaired) electrons. The summed E-state index contributed by atoms with van der Waals surface area (Å²) < 4.78 is 6.18. The first-order valence-corrected chi connectivity index (χ1v) is 9.19. The molecule has 0 N–H and O–H groups in total. The smallest absolute Gasteiger partial charge is 0.338 e. The lowest BCUT2D eigenvalue weighted by molar-refractivity contribution is -0.135. The molecule has 0 saturated carbocycles. The van der Waals surface area contributed by atoms with Crippen LogP contribution in [0.25, 0.3) is 10.2 Å². The molecule has 0 unspecified atom stereocenters. The van der Waals surface area contributed by atoms with Crippen LogP contribution in [0.3, 0.4) is 0 Å². The van der Waals surface area contributed by atoms with Gasteiger partial charge in [0.1, 0.15) is 5.01 Å². The lowest BCUT2D eigenvalue weighted by Gasteiger charge is -2.23. The molecule has 5 nitrogen and oxygen atoms in total. The number of likely N-dealkylation sites (N-methyl/N-ethyl adjacent to an activating group) is 1. The number of hydrogen-bond donors (Lipinski definition) is 0. The molecule has 134 valence electrons. The number of para-hydroxylation sites is 1. The first-order chi connectivity index (χ1) is 12.5. The molecular weight excluding hydrogens is 372 g/mol. The zero-order valence-electron chi connectivity index (χ0n) is 14.3. The van der Waals surface area contributed by atoms with E-state index in [1.54, 1.807) is 42.6 Å². The van der Waals surface area contributed by atoms with Crippen LogP contribution in [0.4, 0.5) is 0 Å². The summed E-state index contributed by atoms with van der Waals surface area (Å²) in [5.41, 5.74) is 1.26. The minimum Gasteiger partial charge on any atom is -0.452 e. The van der Waals surface area contributed by atoms with Gasteiger partial charge in [0.15, 0.2) is 6.61 Å². The van der Waals surface area contributed by atoms with Crippen LogP contribution in [0.2, 0.25) is 5.02 Å². The molecule has 1 aromatic heterocycles. The summed E-state index contributed by atoms with van der Waals surface area (Å²) in [6.07, 6.45) is 0. The second-order valence-corrected chi connectivity index (χ2v) is 7.28. The number of carbonyl (C=O) groups is 2. The number of fused-ring (bicyclic) bond motifs is 1. The summed E-state index contributed by atoms with van der Waals surface area (Å²) in [6, 6.07) is 13.9. The molecule has 0 fully saturated rings. The zero-order chi connectivity index (χ0) is 18.7. The van der Waals surface area contributed by atoms with Gasteiger partial charge in [0, 0.05) is 12.1 Å². The second-order valence-electron chi connectivity index (χ2n) is 5.78. The lowest BCUT2D eigenvalue weighted by Crippen LogP contribution is -2.33. The van der Waals surface area contributed by atoms with Gasteiger partial charge in [0.25, 0.3) is 5.91 Å². The van der Waals surface area contributed by atoms with Crippen LogP contribution in [0.1, 0.15) is 28.3 Å². The van der Waals surface area contributed by atoms with Crippen molar-refractivity contribution >= 4 is 45.0 Å². The molecule has 1 amide bonds. The molecule has 0 bridgehead atoms. The minimum absolute atomic E-state index is 0.214. The number of rotatable bonds is 5. The normalized spacial score (nSPS) is 12.0. The Morgan fingerprint density at radius 1 is 1.19 bits per heavy atom. The Labute approximate surface area is 160 Å². The maximum atomic E-state index is 12.4. The van der Waals surface area contributed by atoms with E-state index >= 15 is 0 Å². The van der Waals surface area contributed by atoms with Gasteiger partial charge in [0.05, 0.1) is 21.8 Å². The van der Waals surface area contributed by atoms with E-state index in [-0.39, 0.29) is 18.6 Å². The van der Waals surface area contributed by atoms with Crippen LogP contribution in [0.15, 0.2) is 48.5 Å². The van der Waals surface area contributed by atoms with Gasteiger partial charge in [-0.15, -0.1) is 11.3 Å². The first kappa shape index (κ1) is 18.4. The molecule has 3 aromatic rings. The van der Waals surface area contributed by atoms with Gasteiger partial charge in [-0.25, -0.2) is 9.78 Å². The van der Waals surface area contributed by atoms with Crippen molar-refractivity contribution < 1.29 is 14.3 Å². The molecule has 1 atom stereocenters. The molecule has 0 saturated heterocycles. The fourth-order valence-corrected chi connectivity index (χ4v) is 3.54. The van der Waals surface area contributed by atoms with Gasteiger partial charge in [-0.05, 0) is 43.3 Å². The molecule has 3 rings (SSSR count). The number of benzene rings is 2. The Balaban J connectivity index is 1.61. The molecule has 0 aliphatic heterocycles. The van der Waals surface area contributed by atoms with E-state index in [1.807, 2.05) is 31.2 Å². The molecule has 7 heteroatoms. The van der Waals surface area contributed by atoms with Gasteiger partial charge in [0.2, 0.25) is 0 Å². The summed E-state index contributed by atoms with van der Waals surface area (Å²) >= 11 is 7.34. The molecular formula is C19H17ClN2O3S. The third kappa shape index (κ3) is 4.03. The number of ether oxygens (including phenoxy) is 1. The molecule has 26 heavy (non-hydrogen) atoms. The average molecular weight is 389 g/mol. The summed E-state index contributed by atoms with van der Waals surface area (Å²) in [6.45, 7) is 1.57. The van der Waals surface area contributed by atoms with E-state index in [0.29, 0.717) is 10.6 Å². The van der Waals surface area contributed by atoms with Crippen molar-refractivity contribution in [3.63, 3.8) is 0 Å². The summed E-state index contributed by atoms with van der Waals surface area (Å²) in [4.78, 5) is 30.5. The van der Waals surface area contributed by atoms with Crippen LogP contribution in [-0.2, 0) is 9.53 Å². The summed E-state index contributed by atoms with van der Waals surface area (Å²) in [7, 11) is 1.68. The SMILES string of the molecule is C[C@@H](c1nc2ccccc2s1)N(C)C(=O)COC(=O)c1ccc(Cl)cc1. The number of thiazole rings is 1. The number of nitrogens with zero attached hydrogens (tertiary/aromatic N) is 2. The highest BCUT2D eigenvalue weighted by Crippen LogP contribution is 2.28. The van der Waals surface area contributed by atoms with Crippen molar-refractivity contribution in [3.8, 4) is 0 Å². The number of esters is 1. The maximum absolute atomic E-state index is 12.4. The van der Waals surface area contributed by atoms with E-state index in [2.05, 4.69) is 4.98 Å². The molecule has 2 aromatic carbocycles. The van der Waals surface area contributed by atoms with E-state index < -0.39 is 5.97 Å². The largest absolute Gasteiger partial charge is 0.452 e. The Kier molecular flexibility index (Phi) is 5.54. The summed E-state index contributed by atoms with van der Waals surface area (Å²) in [5.74, 6) is -0.852. The quantitative estimate of drug-likeness (QED) is 0.610. The third-order valence-electron chi connectivity index (χ3n) is 4.05. The topological polar surface area (TPSA) is 59.5 Å². The van der Waals surface area contributed by atoms with Gasteiger partial charge >= 0.3 is 5.97 Å². The Bertz CT molecular complexity index is 906. The highest BCUT2D eigenvalue weighted by atomic mass is 35.5. The van der Waals surface area contributed by atoms with E-state index in [0.717, 1.165) is 15.2 Å².